The van der Waals surface area contributed by atoms with Crippen LogP contribution in [0, 0.1) is 5.82 Å². The average molecular weight is 280 g/mol. The van der Waals surface area contributed by atoms with Crippen molar-refractivity contribution in [1.29, 1.82) is 0 Å². The van der Waals surface area contributed by atoms with Gasteiger partial charge in [-0.25, -0.2) is 4.39 Å². The summed E-state index contributed by atoms with van der Waals surface area (Å²) in [6.45, 7) is 1.57. The Morgan fingerprint density at radius 3 is 2.42 bits per heavy atom. The largest absolute Gasteiger partial charge is 0.496 e. The molecule has 0 aliphatic rings. The Kier molecular flexibility index (Phi) is 4.74. The third kappa shape index (κ3) is 3.15. The molecular formula is C12H12F4O3. The van der Waals surface area contributed by atoms with E-state index in [1.807, 2.05) is 0 Å². The molecule has 0 radical (unpaired) electrons. The molecule has 0 saturated heterocycles. The van der Waals surface area contributed by atoms with Gasteiger partial charge in [-0.3, -0.25) is 4.79 Å². The molecule has 1 aromatic rings. The van der Waals surface area contributed by atoms with Gasteiger partial charge in [-0.15, -0.1) is 0 Å². The van der Waals surface area contributed by atoms with Crippen LogP contribution in [0.1, 0.15) is 29.3 Å². The van der Waals surface area contributed by atoms with Crippen molar-refractivity contribution < 1.29 is 31.8 Å². The Bertz CT molecular complexity index is 469. The number of ether oxygens (including phenoxy) is 2. The summed E-state index contributed by atoms with van der Waals surface area (Å²) in [6, 6.07) is 0.553. The molecule has 0 atom stereocenters. The molecule has 1 rings (SSSR count). The van der Waals surface area contributed by atoms with E-state index in [4.69, 9.17) is 4.74 Å². The Balaban J connectivity index is 3.51. The van der Waals surface area contributed by atoms with Gasteiger partial charge in [-0.1, -0.05) is 6.92 Å². The van der Waals surface area contributed by atoms with E-state index >= 15 is 0 Å². The first-order valence-corrected chi connectivity index (χ1v) is 5.42. The molecule has 0 amide bonds. The topological polar surface area (TPSA) is 35.5 Å². The lowest BCUT2D eigenvalue weighted by molar-refractivity contribution is -0.139. The SMILES string of the molecule is CCCOc1c(C(F)(F)F)cc(OC)c(C=O)c1F. The predicted molar refractivity (Wildman–Crippen MR) is 59.1 cm³/mol. The van der Waals surface area contributed by atoms with Crippen LogP contribution in [0.25, 0.3) is 0 Å². The molecule has 0 unspecified atom stereocenters. The number of carbonyl (C=O) groups excluding carboxylic acids is 1. The molecule has 0 aliphatic heterocycles. The summed E-state index contributed by atoms with van der Waals surface area (Å²) in [7, 11) is 1.05. The fourth-order valence-corrected chi connectivity index (χ4v) is 1.46. The zero-order valence-corrected chi connectivity index (χ0v) is 10.3. The van der Waals surface area contributed by atoms with Gasteiger partial charge in [0.1, 0.15) is 11.3 Å². The summed E-state index contributed by atoms with van der Waals surface area (Å²) < 4.78 is 61.7. The Hall–Kier alpha value is -1.79. The number of aldehydes is 1. The summed E-state index contributed by atoms with van der Waals surface area (Å²) in [4.78, 5) is 10.7. The van der Waals surface area contributed by atoms with E-state index in [9.17, 15) is 22.4 Å². The minimum absolute atomic E-state index is 0.0904. The highest BCUT2D eigenvalue weighted by Crippen LogP contribution is 2.42. The zero-order chi connectivity index (χ0) is 14.6. The van der Waals surface area contributed by atoms with Crippen molar-refractivity contribution >= 4 is 6.29 Å². The van der Waals surface area contributed by atoms with Gasteiger partial charge in [0, 0.05) is 0 Å². The first-order chi connectivity index (χ1) is 8.86. The van der Waals surface area contributed by atoms with Crippen molar-refractivity contribution in [3.05, 3.63) is 23.0 Å². The fraction of sp³-hybridized carbons (Fsp3) is 0.417. The van der Waals surface area contributed by atoms with E-state index in [0.717, 1.165) is 7.11 Å². The first-order valence-electron chi connectivity index (χ1n) is 5.42. The molecule has 0 fully saturated rings. The molecule has 1 aromatic carbocycles. The third-order valence-electron chi connectivity index (χ3n) is 2.32. The van der Waals surface area contributed by atoms with E-state index in [1.54, 1.807) is 6.92 Å². The van der Waals surface area contributed by atoms with Crippen molar-refractivity contribution in [2.75, 3.05) is 13.7 Å². The van der Waals surface area contributed by atoms with E-state index < -0.39 is 34.6 Å². The molecule has 0 N–H and O–H groups in total. The van der Waals surface area contributed by atoms with Crippen LogP contribution in [0.5, 0.6) is 11.5 Å². The summed E-state index contributed by atoms with van der Waals surface area (Å²) in [6.07, 6.45) is -4.31. The fourth-order valence-electron chi connectivity index (χ4n) is 1.46. The lowest BCUT2D eigenvalue weighted by Crippen LogP contribution is -2.13. The minimum Gasteiger partial charge on any atom is -0.496 e. The number of carbonyl (C=O) groups is 1. The Morgan fingerprint density at radius 2 is 2.00 bits per heavy atom. The van der Waals surface area contributed by atoms with Crippen molar-refractivity contribution in [2.24, 2.45) is 0 Å². The van der Waals surface area contributed by atoms with Crippen molar-refractivity contribution in [1.82, 2.24) is 0 Å². The van der Waals surface area contributed by atoms with E-state index in [1.165, 1.54) is 0 Å². The molecule has 0 aromatic heterocycles. The maximum absolute atomic E-state index is 13.9. The van der Waals surface area contributed by atoms with E-state index in [2.05, 4.69) is 4.74 Å². The number of hydrogen-bond acceptors (Lipinski definition) is 3. The van der Waals surface area contributed by atoms with E-state index in [0.29, 0.717) is 12.5 Å². The van der Waals surface area contributed by atoms with Gasteiger partial charge in [-0.05, 0) is 12.5 Å². The minimum atomic E-state index is -4.81. The van der Waals surface area contributed by atoms with Gasteiger partial charge < -0.3 is 9.47 Å². The number of hydrogen-bond donors (Lipinski definition) is 0. The van der Waals surface area contributed by atoms with Crippen molar-refractivity contribution in [3.8, 4) is 11.5 Å². The van der Waals surface area contributed by atoms with Crippen LogP contribution in [-0.4, -0.2) is 20.0 Å². The summed E-state index contributed by atoms with van der Waals surface area (Å²) in [5.74, 6) is -2.82. The van der Waals surface area contributed by atoms with Gasteiger partial charge in [0.25, 0.3) is 0 Å². The van der Waals surface area contributed by atoms with E-state index in [-0.39, 0.29) is 12.9 Å². The van der Waals surface area contributed by atoms with Crippen LogP contribution in [0.3, 0.4) is 0 Å². The van der Waals surface area contributed by atoms with Crippen LogP contribution < -0.4 is 9.47 Å². The van der Waals surface area contributed by atoms with Crippen LogP contribution in [0.2, 0.25) is 0 Å². The highest BCUT2D eigenvalue weighted by molar-refractivity contribution is 5.81. The molecular weight excluding hydrogens is 268 g/mol. The molecule has 0 spiro atoms. The molecule has 7 heteroatoms. The van der Waals surface area contributed by atoms with Gasteiger partial charge in [-0.2, -0.15) is 13.2 Å². The van der Waals surface area contributed by atoms with Crippen LogP contribution >= 0.6 is 0 Å². The Morgan fingerprint density at radius 1 is 1.37 bits per heavy atom. The quantitative estimate of drug-likeness (QED) is 0.612. The molecule has 3 nitrogen and oxygen atoms in total. The molecule has 0 heterocycles. The third-order valence-corrected chi connectivity index (χ3v) is 2.32. The first kappa shape index (κ1) is 15.3. The van der Waals surface area contributed by atoms with Gasteiger partial charge in [0.2, 0.25) is 0 Å². The van der Waals surface area contributed by atoms with Crippen LogP contribution in [0.4, 0.5) is 17.6 Å². The maximum Gasteiger partial charge on any atom is 0.420 e. The number of rotatable bonds is 5. The van der Waals surface area contributed by atoms with Crippen LogP contribution in [0.15, 0.2) is 6.07 Å². The maximum atomic E-state index is 13.9. The second kappa shape index (κ2) is 5.90. The van der Waals surface area contributed by atoms with Crippen molar-refractivity contribution in [2.45, 2.75) is 19.5 Å². The highest BCUT2D eigenvalue weighted by Gasteiger charge is 2.38. The summed E-state index contributed by atoms with van der Waals surface area (Å²) in [5.41, 5.74) is -1.90. The summed E-state index contributed by atoms with van der Waals surface area (Å²) in [5, 5.41) is 0. The molecule has 106 valence electrons. The standard InChI is InChI=1S/C12H12F4O3/c1-3-4-19-11-8(12(14,15)16)5-9(18-2)7(6-17)10(11)13/h5-6H,3-4H2,1-2H3. The highest BCUT2D eigenvalue weighted by atomic mass is 19.4. The number of halogens is 4. The smallest absolute Gasteiger partial charge is 0.420 e. The second-order valence-corrected chi connectivity index (χ2v) is 3.65. The van der Waals surface area contributed by atoms with Gasteiger partial charge >= 0.3 is 6.18 Å². The number of alkyl halides is 3. The molecule has 19 heavy (non-hydrogen) atoms. The molecule has 0 aliphatic carbocycles. The Labute approximate surface area is 107 Å². The van der Waals surface area contributed by atoms with Gasteiger partial charge in [0.15, 0.2) is 17.9 Å². The lowest BCUT2D eigenvalue weighted by Gasteiger charge is -2.17. The molecule has 0 saturated carbocycles. The zero-order valence-electron chi connectivity index (χ0n) is 10.3. The normalized spacial score (nSPS) is 11.3. The average Bonchev–Trinajstić information content (AvgIpc) is 2.35. The second-order valence-electron chi connectivity index (χ2n) is 3.65. The monoisotopic (exact) mass is 280 g/mol. The molecule has 0 bridgehead atoms. The van der Waals surface area contributed by atoms with Crippen molar-refractivity contribution in [3.63, 3.8) is 0 Å². The van der Waals surface area contributed by atoms with Crippen LogP contribution in [-0.2, 0) is 6.18 Å². The van der Waals surface area contributed by atoms with Gasteiger partial charge in [0.05, 0.1) is 19.3 Å². The number of benzene rings is 1. The predicted octanol–water partition coefficient (Wildman–Crippen LogP) is 3.45. The lowest BCUT2D eigenvalue weighted by atomic mass is 10.1. The summed E-state index contributed by atoms with van der Waals surface area (Å²) >= 11 is 0. The number of methoxy groups -OCH3 is 1.